The summed E-state index contributed by atoms with van der Waals surface area (Å²) in [5.41, 5.74) is 6.59. The summed E-state index contributed by atoms with van der Waals surface area (Å²) >= 11 is 1.20. The van der Waals surface area contributed by atoms with Gasteiger partial charge in [-0.05, 0) is 78.3 Å². The van der Waals surface area contributed by atoms with Gasteiger partial charge in [-0.15, -0.1) is 0 Å². The van der Waals surface area contributed by atoms with E-state index in [1.54, 1.807) is 36.7 Å². The van der Waals surface area contributed by atoms with Crippen LogP contribution >= 0.6 is 11.8 Å². The zero-order valence-electron chi connectivity index (χ0n) is 27.2. The maximum atomic E-state index is 13.7. The maximum Gasteiger partial charge on any atom is 0.336 e. The third-order valence-corrected chi connectivity index (χ3v) is 9.09. The molecule has 47 heavy (non-hydrogen) atoms. The molecule has 1 amide bonds. The maximum absolute atomic E-state index is 13.7. The third-order valence-electron chi connectivity index (χ3n) is 8.03. The minimum absolute atomic E-state index is 0.0650. The molecule has 0 spiro atoms. The van der Waals surface area contributed by atoms with Crippen molar-refractivity contribution >= 4 is 39.8 Å². The number of pyridine rings is 1. The molecular weight excluding hydrogens is 609 g/mol. The molecule has 5 rings (SSSR count). The van der Waals surface area contributed by atoms with Crippen molar-refractivity contribution in [2.45, 2.75) is 59.5 Å². The molecule has 0 radical (unpaired) electrons. The highest BCUT2D eigenvalue weighted by atomic mass is 32.2. The molecule has 0 saturated heterocycles. The highest BCUT2D eigenvalue weighted by molar-refractivity contribution is 8.14. The molecule has 3 aromatic carbocycles. The summed E-state index contributed by atoms with van der Waals surface area (Å²) in [5.74, 6) is 0.611. The van der Waals surface area contributed by atoms with E-state index in [2.05, 4.69) is 35.6 Å². The number of carboxylic acid groups (broad SMARTS) is 1. The van der Waals surface area contributed by atoms with E-state index in [1.165, 1.54) is 11.8 Å². The van der Waals surface area contributed by atoms with E-state index in [-0.39, 0.29) is 22.6 Å². The van der Waals surface area contributed by atoms with E-state index in [4.69, 9.17) is 4.98 Å². The molecule has 0 fully saturated rings. The Morgan fingerprint density at radius 3 is 2.43 bits per heavy atom. The number of thioether (sulfide) groups is 1. The van der Waals surface area contributed by atoms with Crippen molar-refractivity contribution in [3.63, 3.8) is 0 Å². The zero-order valence-corrected chi connectivity index (χ0v) is 28.0. The largest absolute Gasteiger partial charge is 0.478 e. The van der Waals surface area contributed by atoms with Gasteiger partial charge >= 0.3 is 5.97 Å². The van der Waals surface area contributed by atoms with E-state index in [1.807, 2.05) is 55.5 Å². The van der Waals surface area contributed by atoms with Crippen LogP contribution in [0.5, 0.6) is 0 Å². The monoisotopic (exact) mass is 648 g/mol. The quantitative estimate of drug-likeness (QED) is 0.134. The predicted molar refractivity (Wildman–Crippen MR) is 188 cm³/mol. The Morgan fingerprint density at radius 2 is 1.74 bits per heavy atom. The fourth-order valence-corrected chi connectivity index (χ4v) is 6.67. The van der Waals surface area contributed by atoms with Gasteiger partial charge in [0.05, 0.1) is 16.6 Å². The fraction of sp³-hybridized carbons (Fsp3) is 0.289. The SMILES string of the molecule is CCCc1nc2c(C)cc(C(=O)NC(CSC(=O)c3cccnc3)CC(C)C)cc2n1Cc1ccc(-c2ccccc2C(=O)O)cc1. The third kappa shape index (κ3) is 8.16. The van der Waals surface area contributed by atoms with Crippen LogP contribution < -0.4 is 5.32 Å². The molecule has 2 N–H and O–H groups in total. The zero-order chi connectivity index (χ0) is 33.5. The van der Waals surface area contributed by atoms with Crippen LogP contribution in [0.25, 0.3) is 22.2 Å². The predicted octanol–water partition coefficient (Wildman–Crippen LogP) is 7.82. The Morgan fingerprint density at radius 1 is 0.979 bits per heavy atom. The van der Waals surface area contributed by atoms with Gasteiger partial charge in [-0.25, -0.2) is 9.78 Å². The smallest absolute Gasteiger partial charge is 0.336 e. The number of carbonyl (C=O) groups excluding carboxylic acids is 2. The molecule has 242 valence electrons. The summed E-state index contributed by atoms with van der Waals surface area (Å²) in [7, 11) is 0. The van der Waals surface area contributed by atoms with Crippen molar-refractivity contribution < 1.29 is 19.5 Å². The number of fused-ring (bicyclic) bond motifs is 1. The van der Waals surface area contributed by atoms with Gasteiger partial charge in [0, 0.05) is 48.3 Å². The van der Waals surface area contributed by atoms with Crippen molar-refractivity contribution in [2.24, 2.45) is 5.92 Å². The number of aromatic carboxylic acids is 1. The first kappa shape index (κ1) is 33.6. The molecule has 0 bridgehead atoms. The van der Waals surface area contributed by atoms with Gasteiger partial charge in [-0.3, -0.25) is 14.6 Å². The molecule has 1 unspecified atom stereocenters. The Bertz CT molecular complexity index is 1880. The molecule has 2 aromatic heterocycles. The van der Waals surface area contributed by atoms with Crippen LogP contribution in [0, 0.1) is 12.8 Å². The van der Waals surface area contributed by atoms with Gasteiger partial charge in [0.25, 0.3) is 5.91 Å². The van der Waals surface area contributed by atoms with E-state index in [9.17, 15) is 19.5 Å². The molecule has 0 aliphatic carbocycles. The van der Waals surface area contributed by atoms with Gasteiger partial charge in [0.2, 0.25) is 5.12 Å². The molecule has 2 heterocycles. The number of nitrogens with one attached hydrogen (secondary N) is 1. The van der Waals surface area contributed by atoms with E-state index >= 15 is 0 Å². The van der Waals surface area contributed by atoms with Gasteiger partial charge in [-0.2, -0.15) is 0 Å². The van der Waals surface area contributed by atoms with Crippen LogP contribution in [0.4, 0.5) is 0 Å². The van der Waals surface area contributed by atoms with Gasteiger partial charge in [0.15, 0.2) is 0 Å². The average Bonchev–Trinajstić information content (AvgIpc) is 3.41. The highest BCUT2D eigenvalue weighted by Gasteiger charge is 2.21. The topological polar surface area (TPSA) is 114 Å². The number of aromatic nitrogens is 3. The molecule has 0 aliphatic heterocycles. The number of hydrogen-bond donors (Lipinski definition) is 2. The lowest BCUT2D eigenvalue weighted by Gasteiger charge is -2.20. The lowest BCUT2D eigenvalue weighted by atomic mass is 9.98. The number of imidazole rings is 1. The van der Waals surface area contributed by atoms with Crippen LogP contribution in [0.3, 0.4) is 0 Å². The number of rotatable bonds is 13. The van der Waals surface area contributed by atoms with Crippen molar-refractivity contribution in [2.75, 3.05) is 5.75 Å². The van der Waals surface area contributed by atoms with Crippen molar-refractivity contribution in [1.82, 2.24) is 19.9 Å². The van der Waals surface area contributed by atoms with E-state index in [0.29, 0.717) is 34.9 Å². The number of benzene rings is 3. The summed E-state index contributed by atoms with van der Waals surface area (Å²) in [6.45, 7) is 8.87. The fourth-order valence-electron chi connectivity index (χ4n) is 5.81. The number of carboxylic acids is 1. The van der Waals surface area contributed by atoms with Crippen LogP contribution in [0.2, 0.25) is 0 Å². The van der Waals surface area contributed by atoms with Crippen molar-refractivity contribution in [1.29, 1.82) is 0 Å². The van der Waals surface area contributed by atoms with Gasteiger partial charge in [-0.1, -0.05) is 75.0 Å². The number of hydrogen-bond acceptors (Lipinski definition) is 6. The highest BCUT2D eigenvalue weighted by Crippen LogP contribution is 2.27. The van der Waals surface area contributed by atoms with Crippen molar-refractivity contribution in [3.05, 3.63) is 119 Å². The molecule has 0 aliphatic rings. The summed E-state index contributed by atoms with van der Waals surface area (Å²) < 4.78 is 2.18. The summed E-state index contributed by atoms with van der Waals surface area (Å²) in [6.07, 6.45) is 5.66. The lowest BCUT2D eigenvalue weighted by molar-refractivity contribution is 0.0697. The lowest BCUT2D eigenvalue weighted by Crippen LogP contribution is -2.38. The van der Waals surface area contributed by atoms with Crippen LogP contribution in [-0.4, -0.2) is 48.4 Å². The van der Waals surface area contributed by atoms with Crippen molar-refractivity contribution in [3.8, 4) is 11.1 Å². The number of aryl methyl sites for hydroxylation is 2. The number of carbonyl (C=O) groups is 3. The Labute approximate surface area is 279 Å². The Balaban J connectivity index is 1.40. The summed E-state index contributed by atoms with van der Waals surface area (Å²) in [4.78, 5) is 47.2. The van der Waals surface area contributed by atoms with E-state index in [0.717, 1.165) is 52.8 Å². The average molecular weight is 649 g/mol. The van der Waals surface area contributed by atoms with Gasteiger partial charge in [0.1, 0.15) is 5.82 Å². The summed E-state index contributed by atoms with van der Waals surface area (Å²) in [5, 5.41) is 12.8. The first-order chi connectivity index (χ1) is 22.6. The standard InChI is InChI=1S/C38H40N4O4S/c1-5-9-34-41-35-25(4)19-29(36(43)40-30(18-24(2)3)23-47-38(46)28-10-8-17-39-21-28)20-33(35)42(34)22-26-13-15-27(16-14-26)31-11-6-7-12-32(31)37(44)45/h6-8,10-17,19-21,24,30H,5,9,18,22-23H2,1-4H3,(H,40,43)(H,44,45). The molecule has 9 heteroatoms. The first-order valence-electron chi connectivity index (χ1n) is 15.9. The molecule has 0 saturated carbocycles. The van der Waals surface area contributed by atoms with Crippen LogP contribution in [0.15, 0.2) is 85.2 Å². The normalized spacial score (nSPS) is 11.9. The number of nitrogens with zero attached hydrogens (tertiary/aromatic N) is 3. The molecule has 5 aromatic rings. The van der Waals surface area contributed by atoms with E-state index < -0.39 is 5.97 Å². The molecule has 1 atom stereocenters. The minimum Gasteiger partial charge on any atom is -0.478 e. The second-order valence-corrected chi connectivity index (χ2v) is 13.2. The Kier molecular flexibility index (Phi) is 10.9. The van der Waals surface area contributed by atoms with Crippen LogP contribution in [-0.2, 0) is 13.0 Å². The second kappa shape index (κ2) is 15.2. The minimum atomic E-state index is -0.957. The first-order valence-corrected chi connectivity index (χ1v) is 16.9. The summed E-state index contributed by atoms with van der Waals surface area (Å²) in [6, 6.07) is 22.0. The molecular formula is C38H40N4O4S. The van der Waals surface area contributed by atoms with Crippen LogP contribution in [0.1, 0.15) is 81.6 Å². The second-order valence-electron chi connectivity index (χ2n) is 12.2. The van der Waals surface area contributed by atoms with Gasteiger partial charge < -0.3 is 15.0 Å². The molecule has 8 nitrogen and oxygen atoms in total. The Hall–Kier alpha value is -4.76. The number of amides is 1.